The van der Waals surface area contributed by atoms with Crippen LogP contribution >= 0.6 is 0 Å². The van der Waals surface area contributed by atoms with Crippen LogP contribution in [0.25, 0.3) is 11.0 Å². The van der Waals surface area contributed by atoms with E-state index in [1.165, 1.54) is 0 Å². The highest BCUT2D eigenvalue weighted by Crippen LogP contribution is 2.18. The highest BCUT2D eigenvalue weighted by atomic mass is 16.5. The number of aliphatic hydroxyl groups is 1. The molecule has 0 aliphatic heterocycles. The summed E-state index contributed by atoms with van der Waals surface area (Å²) in [6.07, 6.45) is -0.543. The van der Waals surface area contributed by atoms with E-state index in [0.717, 1.165) is 11.0 Å². The van der Waals surface area contributed by atoms with Gasteiger partial charge in [-0.2, -0.15) is 0 Å². The number of hydrogen-bond donors (Lipinski definition) is 3. The average molecular weight is 250 g/mol. The lowest BCUT2D eigenvalue weighted by Gasteiger charge is -2.19. The monoisotopic (exact) mass is 250 g/mol. The Labute approximate surface area is 105 Å². The normalized spacial score (nSPS) is 12.8. The Hall–Kier alpha value is -1.79. The van der Waals surface area contributed by atoms with E-state index in [1.807, 2.05) is 30.1 Å². The highest BCUT2D eigenvalue weighted by molar-refractivity contribution is 5.80. The quantitative estimate of drug-likeness (QED) is 0.676. The van der Waals surface area contributed by atoms with Gasteiger partial charge in [-0.05, 0) is 18.2 Å². The Morgan fingerprint density at radius 3 is 3.06 bits per heavy atom. The maximum Gasteiger partial charge on any atom is 0.203 e. The number of aromatic amines is 1. The van der Waals surface area contributed by atoms with E-state index >= 15 is 0 Å². The Balaban J connectivity index is 2.15. The summed E-state index contributed by atoms with van der Waals surface area (Å²) in [5.74, 6) is 0.700. The number of likely N-dealkylation sites (N-methyl/N-ethyl adjacent to an activating group) is 1. The predicted octanol–water partition coefficient (Wildman–Crippen LogP) is 0.589. The van der Waals surface area contributed by atoms with Crippen molar-refractivity contribution in [3.05, 3.63) is 18.2 Å². The minimum absolute atomic E-state index is 0.303. The number of ether oxygens (including phenoxy) is 1. The molecule has 1 aromatic carbocycles. The Morgan fingerprint density at radius 2 is 2.33 bits per heavy atom. The molecule has 1 atom stereocenters. The van der Waals surface area contributed by atoms with Gasteiger partial charge in [0.2, 0.25) is 5.95 Å². The number of benzene rings is 1. The van der Waals surface area contributed by atoms with Crippen LogP contribution in [-0.2, 0) is 4.74 Å². The third kappa shape index (κ3) is 2.72. The number of nitrogens with zero attached hydrogens (tertiary/aromatic N) is 2. The predicted molar refractivity (Wildman–Crippen MR) is 71.7 cm³/mol. The number of aromatic nitrogens is 2. The molecule has 2 aromatic rings. The molecule has 0 spiro atoms. The van der Waals surface area contributed by atoms with Gasteiger partial charge in [0.05, 0.1) is 23.7 Å². The molecule has 0 saturated carbocycles. The van der Waals surface area contributed by atoms with Gasteiger partial charge in [-0.15, -0.1) is 0 Å². The smallest absolute Gasteiger partial charge is 0.203 e. The van der Waals surface area contributed by atoms with Crippen LogP contribution in [0.5, 0.6) is 0 Å². The minimum atomic E-state index is -0.543. The van der Waals surface area contributed by atoms with Gasteiger partial charge in [0.25, 0.3) is 0 Å². The van der Waals surface area contributed by atoms with Gasteiger partial charge in [-0.3, -0.25) is 0 Å². The molecule has 18 heavy (non-hydrogen) atoms. The molecule has 6 heteroatoms. The number of H-pyrrole nitrogens is 1. The standard InChI is InChI=1S/C12H18N4O2/c1-16(6-9(17)7-18-2)12-14-10-4-3-8(13)5-11(10)15-12/h3-5,9,17H,6-7,13H2,1-2H3,(H,14,15). The molecule has 2 rings (SSSR count). The van der Waals surface area contributed by atoms with Gasteiger partial charge in [-0.1, -0.05) is 0 Å². The first-order valence-corrected chi connectivity index (χ1v) is 5.73. The summed E-state index contributed by atoms with van der Waals surface area (Å²) in [4.78, 5) is 9.44. The van der Waals surface area contributed by atoms with Crippen molar-refractivity contribution in [1.29, 1.82) is 0 Å². The number of nitrogens with two attached hydrogens (primary N) is 1. The summed E-state index contributed by atoms with van der Waals surface area (Å²) in [6.45, 7) is 0.751. The SMILES string of the molecule is COCC(O)CN(C)c1nc2ccc(N)cc2[nH]1. The molecule has 0 fully saturated rings. The molecule has 98 valence electrons. The lowest BCUT2D eigenvalue weighted by Crippen LogP contribution is -2.32. The average Bonchev–Trinajstić information content (AvgIpc) is 2.72. The molecule has 1 aromatic heterocycles. The third-order valence-electron chi connectivity index (χ3n) is 2.70. The molecule has 6 nitrogen and oxygen atoms in total. The number of methoxy groups -OCH3 is 1. The molecule has 0 aliphatic rings. The van der Waals surface area contributed by atoms with Crippen LogP contribution in [0.15, 0.2) is 18.2 Å². The van der Waals surface area contributed by atoms with Crippen molar-refractivity contribution < 1.29 is 9.84 Å². The number of nitrogens with one attached hydrogen (secondary N) is 1. The number of fused-ring (bicyclic) bond motifs is 1. The minimum Gasteiger partial charge on any atom is -0.399 e. The summed E-state index contributed by atoms with van der Waals surface area (Å²) in [6, 6.07) is 5.52. The fourth-order valence-corrected chi connectivity index (χ4v) is 1.84. The van der Waals surface area contributed by atoms with Gasteiger partial charge in [0, 0.05) is 26.4 Å². The van der Waals surface area contributed by atoms with E-state index in [1.54, 1.807) is 7.11 Å². The molecule has 4 N–H and O–H groups in total. The summed E-state index contributed by atoms with van der Waals surface area (Å²) < 4.78 is 4.89. The van der Waals surface area contributed by atoms with Gasteiger partial charge >= 0.3 is 0 Å². The second-order valence-electron chi connectivity index (χ2n) is 4.33. The van der Waals surface area contributed by atoms with E-state index in [-0.39, 0.29) is 0 Å². The fraction of sp³-hybridized carbons (Fsp3) is 0.417. The number of imidazole rings is 1. The fourth-order valence-electron chi connectivity index (χ4n) is 1.84. The van der Waals surface area contributed by atoms with Gasteiger partial charge in [-0.25, -0.2) is 4.98 Å². The third-order valence-corrected chi connectivity index (χ3v) is 2.70. The number of aliphatic hydroxyl groups excluding tert-OH is 1. The van der Waals surface area contributed by atoms with Crippen molar-refractivity contribution in [3.63, 3.8) is 0 Å². The number of nitrogen functional groups attached to an aromatic ring is 1. The van der Waals surface area contributed by atoms with Crippen LogP contribution in [0.2, 0.25) is 0 Å². The highest BCUT2D eigenvalue weighted by Gasteiger charge is 2.12. The number of rotatable bonds is 5. The Morgan fingerprint density at radius 1 is 1.56 bits per heavy atom. The second kappa shape index (κ2) is 5.24. The topological polar surface area (TPSA) is 87.4 Å². The van der Waals surface area contributed by atoms with Crippen LogP contribution in [0.3, 0.4) is 0 Å². The van der Waals surface area contributed by atoms with E-state index in [4.69, 9.17) is 10.5 Å². The van der Waals surface area contributed by atoms with Crippen molar-refractivity contribution >= 4 is 22.7 Å². The molecule has 0 amide bonds. The van der Waals surface area contributed by atoms with Crippen LogP contribution < -0.4 is 10.6 Å². The van der Waals surface area contributed by atoms with Crippen molar-refractivity contribution in [2.45, 2.75) is 6.10 Å². The van der Waals surface area contributed by atoms with Crippen molar-refractivity contribution in [2.24, 2.45) is 0 Å². The zero-order chi connectivity index (χ0) is 13.1. The number of hydrogen-bond acceptors (Lipinski definition) is 5. The lowest BCUT2D eigenvalue weighted by molar-refractivity contribution is 0.0693. The van der Waals surface area contributed by atoms with Crippen LogP contribution in [0.4, 0.5) is 11.6 Å². The largest absolute Gasteiger partial charge is 0.399 e. The van der Waals surface area contributed by atoms with Crippen molar-refractivity contribution in [1.82, 2.24) is 9.97 Å². The molecule has 0 radical (unpaired) electrons. The zero-order valence-electron chi connectivity index (χ0n) is 10.6. The van der Waals surface area contributed by atoms with Crippen LogP contribution in [0.1, 0.15) is 0 Å². The maximum atomic E-state index is 9.67. The van der Waals surface area contributed by atoms with Gasteiger partial charge in [0.1, 0.15) is 0 Å². The Kier molecular flexibility index (Phi) is 3.69. The van der Waals surface area contributed by atoms with Gasteiger partial charge < -0.3 is 25.5 Å². The van der Waals surface area contributed by atoms with E-state index in [9.17, 15) is 5.11 Å². The van der Waals surface area contributed by atoms with Crippen molar-refractivity contribution in [3.8, 4) is 0 Å². The summed E-state index contributed by atoms with van der Waals surface area (Å²) in [5, 5.41) is 9.67. The second-order valence-corrected chi connectivity index (χ2v) is 4.33. The molecular weight excluding hydrogens is 232 g/mol. The van der Waals surface area contributed by atoms with E-state index in [2.05, 4.69) is 9.97 Å². The molecule has 1 heterocycles. The number of anilines is 2. The lowest BCUT2D eigenvalue weighted by atomic mass is 10.3. The van der Waals surface area contributed by atoms with E-state index < -0.39 is 6.10 Å². The molecule has 0 bridgehead atoms. The molecule has 0 aliphatic carbocycles. The first-order valence-electron chi connectivity index (χ1n) is 5.73. The summed E-state index contributed by atoms with van der Waals surface area (Å²) >= 11 is 0. The maximum absolute atomic E-state index is 9.67. The first-order chi connectivity index (χ1) is 8.60. The molecular formula is C12H18N4O2. The van der Waals surface area contributed by atoms with Crippen LogP contribution in [-0.4, -0.2) is 48.5 Å². The van der Waals surface area contributed by atoms with Gasteiger partial charge in [0.15, 0.2) is 0 Å². The summed E-state index contributed by atoms with van der Waals surface area (Å²) in [5.41, 5.74) is 8.15. The van der Waals surface area contributed by atoms with E-state index in [0.29, 0.717) is 24.8 Å². The molecule has 0 saturated heterocycles. The Bertz CT molecular complexity index is 526. The molecule has 1 unspecified atom stereocenters. The van der Waals surface area contributed by atoms with Crippen LogP contribution in [0, 0.1) is 0 Å². The zero-order valence-corrected chi connectivity index (χ0v) is 10.6. The first kappa shape index (κ1) is 12.7. The summed E-state index contributed by atoms with van der Waals surface area (Å²) in [7, 11) is 3.42. The van der Waals surface area contributed by atoms with Crippen molar-refractivity contribution in [2.75, 3.05) is 37.9 Å².